The van der Waals surface area contributed by atoms with E-state index in [0.29, 0.717) is 5.38 Å². The zero-order valence-electron chi connectivity index (χ0n) is 20.3. The van der Waals surface area contributed by atoms with Crippen LogP contribution in [0, 0.1) is 0 Å². The average Bonchev–Trinajstić information content (AvgIpc) is 2.69. The van der Waals surface area contributed by atoms with E-state index in [4.69, 9.17) is 11.6 Å². The average molecular weight is 418 g/mol. The topological polar surface area (TPSA) is 12.0 Å². The summed E-state index contributed by atoms with van der Waals surface area (Å²) in [6, 6.07) is 0. The maximum absolute atomic E-state index is 6.49. The van der Waals surface area contributed by atoms with Crippen molar-refractivity contribution in [3.05, 3.63) is 0 Å². The highest BCUT2D eigenvalue weighted by atomic mass is 35.5. The molecule has 0 aromatic rings. The molecule has 0 aliphatic heterocycles. The summed E-state index contributed by atoms with van der Waals surface area (Å²) < 4.78 is 0. The lowest BCUT2D eigenvalue weighted by molar-refractivity contribution is 0.523. The van der Waals surface area contributed by atoms with Gasteiger partial charge in [-0.25, -0.2) is 0 Å². The van der Waals surface area contributed by atoms with Crippen LogP contribution in [0.15, 0.2) is 0 Å². The van der Waals surface area contributed by atoms with Gasteiger partial charge in [0.15, 0.2) is 0 Å². The molecule has 1 nitrogen and oxygen atoms in total. The van der Waals surface area contributed by atoms with Crippen molar-refractivity contribution >= 4 is 11.6 Å². The van der Waals surface area contributed by atoms with Crippen LogP contribution in [0.4, 0.5) is 0 Å². The highest BCUT2D eigenvalue weighted by Crippen LogP contribution is 2.18. The zero-order valence-corrected chi connectivity index (χ0v) is 21.1. The van der Waals surface area contributed by atoms with E-state index < -0.39 is 0 Å². The highest BCUT2D eigenvalue weighted by Gasteiger charge is 2.04. The first-order chi connectivity index (χ1) is 13.7. The lowest BCUT2D eigenvalue weighted by Gasteiger charge is -2.09. The van der Waals surface area contributed by atoms with Crippen LogP contribution in [0.1, 0.15) is 149 Å². The molecule has 0 radical (unpaired) electrons. The molecule has 0 aliphatic rings. The summed E-state index contributed by atoms with van der Waals surface area (Å²) in [5.74, 6) is 0. The summed E-state index contributed by atoms with van der Waals surface area (Å²) in [6.45, 7) is 4.58. The monoisotopic (exact) mass is 417 g/mol. The molecular weight excluding hydrogens is 362 g/mol. The maximum Gasteiger partial charge on any atom is 0.0336 e. The Bertz CT molecular complexity index is 245. The van der Waals surface area contributed by atoms with Crippen LogP contribution in [0.3, 0.4) is 0 Å². The molecule has 2 heteroatoms. The van der Waals surface area contributed by atoms with Gasteiger partial charge >= 0.3 is 0 Å². The molecule has 0 amide bonds. The first-order valence-electron chi connectivity index (χ1n) is 12.9. The number of alkyl halides is 1. The molecule has 1 N–H and O–H groups in total. The second kappa shape index (κ2) is 29.5. The van der Waals surface area contributed by atoms with E-state index in [9.17, 15) is 0 Å². The second-order valence-electron chi connectivity index (χ2n) is 8.69. The molecule has 0 aliphatic carbocycles. The fourth-order valence-corrected chi connectivity index (χ4v) is 3.98. The second-order valence-corrected chi connectivity index (χ2v) is 9.30. The molecule has 0 bridgehead atoms. The van der Waals surface area contributed by atoms with Crippen molar-refractivity contribution < 1.29 is 0 Å². The first kappa shape index (κ1) is 30.4. The molecule has 0 aromatic heterocycles. The van der Waals surface area contributed by atoms with Crippen molar-refractivity contribution in [1.82, 2.24) is 5.32 Å². The van der Waals surface area contributed by atoms with E-state index in [1.807, 2.05) is 14.1 Å². The van der Waals surface area contributed by atoms with Gasteiger partial charge in [0, 0.05) is 5.38 Å². The van der Waals surface area contributed by atoms with E-state index in [1.165, 1.54) is 135 Å². The smallest absolute Gasteiger partial charge is 0.0336 e. The van der Waals surface area contributed by atoms with E-state index in [-0.39, 0.29) is 0 Å². The number of nitrogens with one attached hydrogen (secondary N) is 1. The van der Waals surface area contributed by atoms with Crippen molar-refractivity contribution in [1.29, 1.82) is 0 Å². The minimum Gasteiger partial charge on any atom is -0.323 e. The molecule has 0 spiro atoms. The van der Waals surface area contributed by atoms with Crippen LogP contribution in [0.5, 0.6) is 0 Å². The fourth-order valence-electron chi connectivity index (χ4n) is 3.67. The summed E-state index contributed by atoms with van der Waals surface area (Å²) in [5.41, 5.74) is 0. The van der Waals surface area contributed by atoms with E-state index in [0.717, 1.165) is 0 Å². The van der Waals surface area contributed by atoms with Gasteiger partial charge in [0.25, 0.3) is 0 Å². The van der Waals surface area contributed by atoms with Crippen LogP contribution >= 0.6 is 11.6 Å². The zero-order chi connectivity index (χ0) is 21.1. The van der Waals surface area contributed by atoms with Crippen molar-refractivity contribution in [2.75, 3.05) is 14.1 Å². The van der Waals surface area contributed by atoms with Crippen LogP contribution < -0.4 is 5.32 Å². The minimum atomic E-state index is 0.443. The van der Waals surface area contributed by atoms with Gasteiger partial charge < -0.3 is 5.32 Å². The Morgan fingerprint density at radius 2 is 0.679 bits per heavy atom. The van der Waals surface area contributed by atoms with Crippen molar-refractivity contribution in [2.24, 2.45) is 0 Å². The summed E-state index contributed by atoms with van der Waals surface area (Å²) in [5, 5.41) is 3.19. The fraction of sp³-hybridized carbons (Fsp3) is 1.00. The first-order valence-corrected chi connectivity index (χ1v) is 13.4. The Balaban J connectivity index is 0. The van der Waals surface area contributed by atoms with Crippen LogP contribution in [-0.2, 0) is 0 Å². The molecule has 1 atom stereocenters. The third-order valence-corrected chi connectivity index (χ3v) is 5.93. The third kappa shape index (κ3) is 31.0. The Morgan fingerprint density at radius 1 is 0.464 bits per heavy atom. The summed E-state index contributed by atoms with van der Waals surface area (Å²) in [4.78, 5) is 0. The van der Waals surface area contributed by atoms with Crippen LogP contribution in [-0.4, -0.2) is 19.5 Å². The number of hydrogen-bond donors (Lipinski definition) is 1. The molecule has 1 unspecified atom stereocenters. The van der Waals surface area contributed by atoms with E-state index >= 15 is 0 Å². The SMILES string of the molecule is CCCCCCCCCCCCC(Cl)CCCCCCCCCCC.CNC. The van der Waals surface area contributed by atoms with E-state index in [2.05, 4.69) is 19.2 Å². The predicted molar refractivity (Wildman–Crippen MR) is 133 cm³/mol. The lowest BCUT2D eigenvalue weighted by Crippen LogP contribution is -1.98. The van der Waals surface area contributed by atoms with Gasteiger partial charge in [-0.1, -0.05) is 136 Å². The highest BCUT2D eigenvalue weighted by molar-refractivity contribution is 6.20. The Labute approximate surface area is 185 Å². The van der Waals surface area contributed by atoms with Gasteiger partial charge in [0.05, 0.1) is 0 Å². The summed E-state index contributed by atoms with van der Waals surface area (Å²) >= 11 is 6.49. The molecule has 0 fully saturated rings. The lowest BCUT2D eigenvalue weighted by atomic mass is 10.0. The number of halogens is 1. The van der Waals surface area contributed by atoms with Crippen LogP contribution in [0.25, 0.3) is 0 Å². The molecule has 0 aromatic carbocycles. The molecule has 0 rings (SSSR count). The Hall–Kier alpha value is 0.250. The predicted octanol–water partition coefficient (Wildman–Crippen LogP) is 9.66. The van der Waals surface area contributed by atoms with Gasteiger partial charge in [0.1, 0.15) is 0 Å². The minimum absolute atomic E-state index is 0.443. The molecule has 28 heavy (non-hydrogen) atoms. The number of unbranched alkanes of at least 4 members (excludes halogenated alkanes) is 17. The van der Waals surface area contributed by atoms with Gasteiger partial charge in [-0.2, -0.15) is 0 Å². The van der Waals surface area contributed by atoms with Crippen molar-refractivity contribution in [3.63, 3.8) is 0 Å². The Kier molecular flexibility index (Phi) is 32.0. The van der Waals surface area contributed by atoms with Gasteiger partial charge in [-0.15, -0.1) is 11.6 Å². The molecule has 0 heterocycles. The summed E-state index contributed by atoms with van der Waals surface area (Å²) in [6.07, 6.45) is 29.4. The molecular formula is C26H56ClN. The number of rotatable bonds is 21. The van der Waals surface area contributed by atoms with Gasteiger partial charge in [-0.05, 0) is 26.9 Å². The number of hydrogen-bond acceptors (Lipinski definition) is 1. The normalized spacial score (nSPS) is 11.9. The van der Waals surface area contributed by atoms with E-state index in [1.54, 1.807) is 0 Å². The van der Waals surface area contributed by atoms with Gasteiger partial charge in [-0.3, -0.25) is 0 Å². The standard InChI is InChI=1S/C24H49Cl.C2H7N/c1-3-5-7-9-11-13-15-17-19-21-23-24(25)22-20-18-16-14-12-10-8-6-4-2;1-3-2/h24H,3-23H2,1-2H3;3H,1-2H3. The van der Waals surface area contributed by atoms with Crippen LogP contribution in [0.2, 0.25) is 0 Å². The Morgan fingerprint density at radius 3 is 0.929 bits per heavy atom. The molecule has 0 saturated carbocycles. The quantitative estimate of drug-likeness (QED) is 0.145. The van der Waals surface area contributed by atoms with Crippen molar-refractivity contribution in [2.45, 2.75) is 154 Å². The summed E-state index contributed by atoms with van der Waals surface area (Å²) in [7, 11) is 3.75. The van der Waals surface area contributed by atoms with Gasteiger partial charge in [0.2, 0.25) is 0 Å². The largest absolute Gasteiger partial charge is 0.323 e. The third-order valence-electron chi connectivity index (χ3n) is 5.49. The maximum atomic E-state index is 6.49. The molecule has 0 saturated heterocycles. The molecule has 172 valence electrons. The van der Waals surface area contributed by atoms with Crippen molar-refractivity contribution in [3.8, 4) is 0 Å².